The van der Waals surface area contributed by atoms with Crippen LogP contribution in [0.2, 0.25) is 0 Å². The molecule has 0 saturated carbocycles. The van der Waals surface area contributed by atoms with E-state index in [0.29, 0.717) is 18.7 Å². The number of carbonyl (C=O) groups is 2. The van der Waals surface area contributed by atoms with E-state index in [1.54, 1.807) is 0 Å². The number of rotatable bonds is 8. The zero-order valence-corrected chi connectivity index (χ0v) is 16.8. The first kappa shape index (κ1) is 21.3. The summed E-state index contributed by atoms with van der Waals surface area (Å²) in [6.07, 6.45) is 0.641. The average molecular weight is 385 g/mol. The zero-order valence-electron chi connectivity index (χ0n) is 16.8. The van der Waals surface area contributed by atoms with Crippen LogP contribution < -0.4 is 10.9 Å². The number of aryl methyl sites for hydroxylation is 1. The number of nitrogens with one attached hydrogen (secondary N) is 1. The third-order valence-electron chi connectivity index (χ3n) is 4.53. The van der Waals surface area contributed by atoms with Crippen molar-refractivity contribution in [3.63, 3.8) is 0 Å². The number of nitrogens with zero attached hydrogens (tertiary/aromatic N) is 2. The van der Waals surface area contributed by atoms with E-state index in [-0.39, 0.29) is 17.2 Å². The van der Waals surface area contributed by atoms with Gasteiger partial charge in [0, 0.05) is 18.3 Å². The van der Waals surface area contributed by atoms with Crippen molar-refractivity contribution in [3.05, 3.63) is 58.0 Å². The van der Waals surface area contributed by atoms with Crippen LogP contribution in [-0.2, 0) is 16.1 Å². The van der Waals surface area contributed by atoms with E-state index in [0.717, 1.165) is 12.0 Å². The third kappa shape index (κ3) is 5.28. The van der Waals surface area contributed by atoms with Gasteiger partial charge >= 0.3 is 5.97 Å². The highest BCUT2D eigenvalue weighted by molar-refractivity contribution is 5.97. The van der Waals surface area contributed by atoms with E-state index in [1.165, 1.54) is 23.7 Å². The molecule has 0 fully saturated rings. The molecule has 1 aromatic heterocycles. The van der Waals surface area contributed by atoms with Crippen molar-refractivity contribution in [2.45, 2.75) is 59.1 Å². The van der Waals surface area contributed by atoms with Crippen molar-refractivity contribution in [1.82, 2.24) is 9.78 Å². The van der Waals surface area contributed by atoms with Gasteiger partial charge in [-0.2, -0.15) is 5.10 Å². The first-order valence-electron chi connectivity index (χ1n) is 9.56. The summed E-state index contributed by atoms with van der Waals surface area (Å²) in [5.74, 6) is -0.883. The maximum absolute atomic E-state index is 12.5. The summed E-state index contributed by atoms with van der Waals surface area (Å²) in [4.78, 5) is 36.5. The number of anilines is 1. The topological polar surface area (TPSA) is 90.3 Å². The lowest BCUT2D eigenvalue weighted by atomic mass is 9.97. The van der Waals surface area contributed by atoms with Gasteiger partial charge in [-0.25, -0.2) is 9.48 Å². The Morgan fingerprint density at radius 3 is 2.54 bits per heavy atom. The molecule has 0 bridgehead atoms. The molecule has 1 N–H and O–H groups in total. The number of amides is 1. The van der Waals surface area contributed by atoms with Crippen molar-refractivity contribution in [3.8, 4) is 0 Å². The SMILES string of the molecule is CCCn1nc(C(=O)OC(C)C(=O)Nc2ccccc2C(C)CC)ccc1=O. The second-order valence-corrected chi connectivity index (χ2v) is 6.71. The Labute approximate surface area is 164 Å². The summed E-state index contributed by atoms with van der Waals surface area (Å²) >= 11 is 0. The van der Waals surface area contributed by atoms with Crippen LogP contribution in [0.3, 0.4) is 0 Å². The Hall–Kier alpha value is -2.96. The maximum atomic E-state index is 12.5. The molecule has 150 valence electrons. The van der Waals surface area contributed by atoms with Crippen molar-refractivity contribution in [2.75, 3.05) is 5.32 Å². The zero-order chi connectivity index (χ0) is 20.7. The average Bonchev–Trinajstić information content (AvgIpc) is 2.69. The molecule has 2 rings (SSSR count). The van der Waals surface area contributed by atoms with Gasteiger partial charge in [0.05, 0.1) is 0 Å². The molecule has 0 radical (unpaired) electrons. The van der Waals surface area contributed by atoms with E-state index in [1.807, 2.05) is 31.2 Å². The van der Waals surface area contributed by atoms with Crippen molar-refractivity contribution < 1.29 is 14.3 Å². The molecule has 1 aromatic carbocycles. The highest BCUT2D eigenvalue weighted by Gasteiger charge is 2.21. The molecule has 0 aliphatic rings. The number of aromatic nitrogens is 2. The Kier molecular flexibility index (Phi) is 7.49. The maximum Gasteiger partial charge on any atom is 0.359 e. The van der Waals surface area contributed by atoms with Gasteiger partial charge in [0.1, 0.15) is 0 Å². The number of carbonyl (C=O) groups excluding carboxylic acids is 2. The normalized spacial score (nSPS) is 12.9. The molecule has 0 aliphatic heterocycles. The predicted molar refractivity (Wildman–Crippen MR) is 107 cm³/mol. The lowest BCUT2D eigenvalue weighted by Gasteiger charge is -2.18. The Morgan fingerprint density at radius 2 is 1.86 bits per heavy atom. The second-order valence-electron chi connectivity index (χ2n) is 6.71. The van der Waals surface area contributed by atoms with Gasteiger partial charge in [0.15, 0.2) is 11.8 Å². The molecule has 2 unspecified atom stereocenters. The number of ether oxygens (including phenoxy) is 1. The van der Waals surface area contributed by atoms with E-state index in [4.69, 9.17) is 4.74 Å². The molecular weight excluding hydrogens is 358 g/mol. The molecule has 1 heterocycles. The molecular formula is C21H27N3O4. The van der Waals surface area contributed by atoms with Crippen LogP contribution in [0.4, 0.5) is 5.69 Å². The number of benzene rings is 1. The predicted octanol–water partition coefficient (Wildman–Crippen LogP) is 3.35. The first-order valence-corrected chi connectivity index (χ1v) is 9.56. The fourth-order valence-corrected chi connectivity index (χ4v) is 2.70. The van der Waals surface area contributed by atoms with Crippen molar-refractivity contribution >= 4 is 17.6 Å². The second kappa shape index (κ2) is 9.82. The van der Waals surface area contributed by atoms with Crippen LogP contribution in [0.15, 0.2) is 41.2 Å². The number of para-hydroxylation sites is 1. The van der Waals surface area contributed by atoms with Crippen LogP contribution in [0.5, 0.6) is 0 Å². The quantitative estimate of drug-likeness (QED) is 0.704. The third-order valence-corrected chi connectivity index (χ3v) is 4.53. The van der Waals surface area contributed by atoms with Gasteiger partial charge in [-0.1, -0.05) is 39.0 Å². The summed E-state index contributed by atoms with van der Waals surface area (Å²) in [6, 6.07) is 10.2. The molecule has 0 spiro atoms. The molecule has 1 amide bonds. The number of hydrogen-bond donors (Lipinski definition) is 1. The fourth-order valence-electron chi connectivity index (χ4n) is 2.70. The Morgan fingerprint density at radius 1 is 1.14 bits per heavy atom. The van der Waals surface area contributed by atoms with Gasteiger partial charge in [-0.15, -0.1) is 0 Å². The van der Waals surface area contributed by atoms with Gasteiger partial charge in [0.2, 0.25) is 0 Å². The van der Waals surface area contributed by atoms with Crippen LogP contribution in [-0.4, -0.2) is 27.8 Å². The van der Waals surface area contributed by atoms with Crippen LogP contribution in [0.25, 0.3) is 0 Å². The molecule has 28 heavy (non-hydrogen) atoms. The molecule has 0 saturated heterocycles. The van der Waals surface area contributed by atoms with Crippen molar-refractivity contribution in [1.29, 1.82) is 0 Å². The molecule has 2 aromatic rings. The number of esters is 1. The molecule has 7 heteroatoms. The van der Waals surface area contributed by atoms with Gasteiger partial charge < -0.3 is 10.1 Å². The van der Waals surface area contributed by atoms with Crippen LogP contribution >= 0.6 is 0 Å². The monoisotopic (exact) mass is 385 g/mol. The summed E-state index contributed by atoms with van der Waals surface area (Å²) in [5.41, 5.74) is 1.45. The minimum absolute atomic E-state index is 0.00675. The lowest BCUT2D eigenvalue weighted by molar-refractivity contribution is -0.123. The van der Waals surface area contributed by atoms with E-state index in [9.17, 15) is 14.4 Å². The largest absolute Gasteiger partial charge is 0.448 e. The number of hydrogen-bond acceptors (Lipinski definition) is 5. The smallest absolute Gasteiger partial charge is 0.359 e. The summed E-state index contributed by atoms with van der Waals surface area (Å²) in [7, 11) is 0. The standard InChI is InChI=1S/C21H27N3O4/c1-5-13-24-19(25)12-11-18(23-24)21(27)28-15(4)20(26)22-17-10-8-7-9-16(17)14(3)6-2/h7-12,14-15H,5-6,13H2,1-4H3,(H,22,26). The van der Waals surface area contributed by atoms with E-state index >= 15 is 0 Å². The van der Waals surface area contributed by atoms with E-state index < -0.39 is 18.0 Å². The Balaban J connectivity index is 2.08. The first-order chi connectivity index (χ1) is 13.4. The molecule has 7 nitrogen and oxygen atoms in total. The van der Waals surface area contributed by atoms with Crippen LogP contribution in [0.1, 0.15) is 62.5 Å². The fraction of sp³-hybridized carbons (Fsp3) is 0.429. The van der Waals surface area contributed by atoms with E-state index in [2.05, 4.69) is 24.3 Å². The minimum atomic E-state index is -1.01. The minimum Gasteiger partial charge on any atom is -0.448 e. The summed E-state index contributed by atoms with van der Waals surface area (Å²) in [5, 5.41) is 6.84. The Bertz CT molecular complexity index is 891. The van der Waals surface area contributed by atoms with Gasteiger partial charge in [-0.3, -0.25) is 9.59 Å². The summed E-state index contributed by atoms with van der Waals surface area (Å²) < 4.78 is 6.45. The lowest BCUT2D eigenvalue weighted by Crippen LogP contribution is -2.31. The van der Waals surface area contributed by atoms with Gasteiger partial charge in [0.25, 0.3) is 11.5 Å². The highest BCUT2D eigenvalue weighted by Crippen LogP contribution is 2.26. The van der Waals surface area contributed by atoms with Crippen molar-refractivity contribution in [2.24, 2.45) is 0 Å². The highest BCUT2D eigenvalue weighted by atomic mass is 16.5. The molecule has 0 aliphatic carbocycles. The van der Waals surface area contributed by atoms with Crippen LogP contribution in [0, 0.1) is 0 Å². The van der Waals surface area contributed by atoms with Gasteiger partial charge in [-0.05, 0) is 43.4 Å². The molecule has 2 atom stereocenters. The summed E-state index contributed by atoms with van der Waals surface area (Å²) in [6.45, 7) is 7.98.